The molecule has 0 fully saturated rings. The first-order chi connectivity index (χ1) is 7.48. The van der Waals surface area contributed by atoms with Crippen LogP contribution in [0.5, 0.6) is 5.75 Å². The third kappa shape index (κ3) is 3.41. The normalized spacial score (nSPS) is 13.9. The van der Waals surface area contributed by atoms with E-state index in [0.29, 0.717) is 22.9 Å². The third-order valence-electron chi connectivity index (χ3n) is 2.43. The lowest BCUT2D eigenvalue weighted by atomic mass is 10.0. The van der Waals surface area contributed by atoms with E-state index in [1.54, 1.807) is 18.2 Å². The summed E-state index contributed by atoms with van der Waals surface area (Å²) in [6.07, 6.45) is 0.808. The average Bonchev–Trinajstić information content (AvgIpc) is 2.27. The molecule has 16 heavy (non-hydrogen) atoms. The molecule has 2 N–H and O–H groups in total. The summed E-state index contributed by atoms with van der Waals surface area (Å²) in [6.45, 7) is 4.28. The van der Waals surface area contributed by atoms with E-state index < -0.39 is 0 Å². The molecule has 1 rings (SSSR count). The third-order valence-corrected chi connectivity index (χ3v) is 2.66. The van der Waals surface area contributed by atoms with Gasteiger partial charge in [0, 0.05) is 10.6 Å². The van der Waals surface area contributed by atoms with Crippen molar-refractivity contribution in [2.24, 2.45) is 5.73 Å². The van der Waals surface area contributed by atoms with Gasteiger partial charge in [0.05, 0.1) is 5.56 Å². The van der Waals surface area contributed by atoms with Gasteiger partial charge in [-0.25, -0.2) is 0 Å². The van der Waals surface area contributed by atoms with E-state index >= 15 is 0 Å². The summed E-state index contributed by atoms with van der Waals surface area (Å²) in [4.78, 5) is 0. The Kier molecular flexibility index (Phi) is 4.17. The fraction of sp³-hybridized carbons (Fsp3) is 0.417. The Balaban J connectivity index is 2.79. The second kappa shape index (κ2) is 5.20. The highest BCUT2D eigenvalue weighted by atomic mass is 35.5. The second-order valence-corrected chi connectivity index (χ2v) is 4.48. The Morgan fingerprint density at radius 2 is 2.25 bits per heavy atom. The van der Waals surface area contributed by atoms with Gasteiger partial charge in [0.15, 0.2) is 0 Å². The van der Waals surface area contributed by atoms with Gasteiger partial charge in [-0.1, -0.05) is 18.5 Å². The molecule has 0 saturated carbocycles. The van der Waals surface area contributed by atoms with Crippen molar-refractivity contribution in [1.82, 2.24) is 0 Å². The van der Waals surface area contributed by atoms with E-state index in [2.05, 4.69) is 0 Å². The van der Waals surface area contributed by atoms with Gasteiger partial charge >= 0.3 is 0 Å². The van der Waals surface area contributed by atoms with Gasteiger partial charge in [0.2, 0.25) is 0 Å². The van der Waals surface area contributed by atoms with Gasteiger partial charge in [0.1, 0.15) is 18.4 Å². The zero-order chi connectivity index (χ0) is 12.2. The highest BCUT2D eigenvalue weighted by Gasteiger charge is 2.17. The maximum atomic E-state index is 8.91. The summed E-state index contributed by atoms with van der Waals surface area (Å²) >= 11 is 5.78. The number of hydrogen-bond acceptors (Lipinski definition) is 3. The minimum absolute atomic E-state index is 0.375. The van der Waals surface area contributed by atoms with Crippen molar-refractivity contribution >= 4 is 11.6 Å². The van der Waals surface area contributed by atoms with E-state index in [4.69, 9.17) is 27.3 Å². The summed E-state index contributed by atoms with van der Waals surface area (Å²) in [5.74, 6) is 0.525. The molecule has 0 aromatic heterocycles. The van der Waals surface area contributed by atoms with E-state index in [0.717, 1.165) is 6.42 Å². The van der Waals surface area contributed by atoms with E-state index in [9.17, 15) is 0 Å². The van der Waals surface area contributed by atoms with Crippen molar-refractivity contribution in [1.29, 1.82) is 5.26 Å². The highest BCUT2D eigenvalue weighted by Crippen LogP contribution is 2.23. The first kappa shape index (κ1) is 12.8. The fourth-order valence-electron chi connectivity index (χ4n) is 1.06. The Morgan fingerprint density at radius 3 is 2.81 bits per heavy atom. The molecular weight excluding hydrogens is 224 g/mol. The SMILES string of the molecule is CCC(C)(N)COc1ccc(Cl)cc1C#N. The quantitative estimate of drug-likeness (QED) is 0.878. The van der Waals surface area contributed by atoms with Gasteiger partial charge in [-0.3, -0.25) is 0 Å². The van der Waals surface area contributed by atoms with Crippen molar-refractivity contribution in [3.05, 3.63) is 28.8 Å². The van der Waals surface area contributed by atoms with Gasteiger partial charge in [-0.05, 0) is 31.5 Å². The van der Waals surface area contributed by atoms with Crippen LogP contribution in [-0.4, -0.2) is 12.1 Å². The van der Waals surface area contributed by atoms with E-state index in [1.165, 1.54) is 0 Å². The molecule has 1 unspecified atom stereocenters. The number of nitriles is 1. The number of benzene rings is 1. The zero-order valence-corrected chi connectivity index (χ0v) is 10.2. The molecule has 0 aliphatic rings. The van der Waals surface area contributed by atoms with Crippen LogP contribution in [0, 0.1) is 11.3 Å². The largest absolute Gasteiger partial charge is 0.490 e. The maximum absolute atomic E-state index is 8.91. The number of nitrogens with two attached hydrogens (primary N) is 1. The number of hydrogen-bond donors (Lipinski definition) is 1. The molecule has 0 bridgehead atoms. The lowest BCUT2D eigenvalue weighted by Crippen LogP contribution is -2.41. The lowest BCUT2D eigenvalue weighted by Gasteiger charge is -2.23. The molecule has 3 nitrogen and oxygen atoms in total. The molecule has 1 aromatic rings. The average molecular weight is 239 g/mol. The van der Waals surface area contributed by atoms with Crippen molar-refractivity contribution < 1.29 is 4.74 Å². The van der Waals surface area contributed by atoms with Crippen molar-refractivity contribution in [2.75, 3.05) is 6.61 Å². The van der Waals surface area contributed by atoms with Gasteiger partial charge in [-0.2, -0.15) is 5.26 Å². The predicted octanol–water partition coefficient (Wildman–Crippen LogP) is 2.72. The fourth-order valence-corrected chi connectivity index (χ4v) is 1.23. The molecule has 4 heteroatoms. The Morgan fingerprint density at radius 1 is 1.56 bits per heavy atom. The monoisotopic (exact) mass is 238 g/mol. The molecule has 86 valence electrons. The summed E-state index contributed by atoms with van der Waals surface area (Å²) in [6, 6.07) is 7.00. The second-order valence-electron chi connectivity index (χ2n) is 4.05. The van der Waals surface area contributed by atoms with Crippen LogP contribution >= 0.6 is 11.6 Å². The Hall–Kier alpha value is -1.24. The number of halogens is 1. The van der Waals surface area contributed by atoms with Gasteiger partial charge in [-0.15, -0.1) is 0 Å². The Bertz CT molecular complexity index is 410. The minimum atomic E-state index is -0.383. The minimum Gasteiger partial charge on any atom is -0.490 e. The smallest absolute Gasteiger partial charge is 0.137 e. The molecule has 0 spiro atoms. The van der Waals surface area contributed by atoms with Gasteiger partial charge < -0.3 is 10.5 Å². The molecule has 1 aromatic carbocycles. The standard InChI is InChI=1S/C12H15ClN2O/c1-3-12(2,15)8-16-11-5-4-10(13)6-9(11)7-14/h4-6H,3,8,15H2,1-2H3. The predicted molar refractivity (Wildman–Crippen MR) is 64.5 cm³/mol. The van der Waals surface area contributed by atoms with Crippen LogP contribution in [-0.2, 0) is 0 Å². The summed E-state index contributed by atoms with van der Waals surface area (Å²) in [5, 5.41) is 9.43. The molecule has 0 saturated heterocycles. The first-order valence-electron chi connectivity index (χ1n) is 5.10. The van der Waals surface area contributed by atoms with Crippen LogP contribution in [0.4, 0.5) is 0 Å². The van der Waals surface area contributed by atoms with Crippen molar-refractivity contribution in [2.45, 2.75) is 25.8 Å². The highest BCUT2D eigenvalue weighted by molar-refractivity contribution is 6.30. The zero-order valence-electron chi connectivity index (χ0n) is 9.46. The number of rotatable bonds is 4. The van der Waals surface area contributed by atoms with Crippen LogP contribution < -0.4 is 10.5 Å². The van der Waals surface area contributed by atoms with Crippen LogP contribution in [0.1, 0.15) is 25.8 Å². The maximum Gasteiger partial charge on any atom is 0.137 e. The molecular formula is C12H15ClN2O. The molecule has 0 radical (unpaired) electrons. The van der Waals surface area contributed by atoms with Crippen molar-refractivity contribution in [3.63, 3.8) is 0 Å². The van der Waals surface area contributed by atoms with E-state index in [-0.39, 0.29) is 5.54 Å². The molecule has 0 amide bonds. The first-order valence-corrected chi connectivity index (χ1v) is 5.47. The molecule has 1 atom stereocenters. The van der Waals surface area contributed by atoms with Crippen LogP contribution in [0.2, 0.25) is 5.02 Å². The van der Waals surface area contributed by atoms with E-state index in [1.807, 2.05) is 19.9 Å². The number of ether oxygens (including phenoxy) is 1. The van der Waals surface area contributed by atoms with Crippen LogP contribution in [0.25, 0.3) is 0 Å². The Labute approximate surface area is 101 Å². The number of nitrogens with zero attached hydrogens (tertiary/aromatic N) is 1. The molecule has 0 aliphatic carbocycles. The lowest BCUT2D eigenvalue weighted by molar-refractivity contribution is 0.225. The summed E-state index contributed by atoms with van der Waals surface area (Å²) < 4.78 is 5.53. The van der Waals surface area contributed by atoms with Crippen LogP contribution in [0.3, 0.4) is 0 Å². The van der Waals surface area contributed by atoms with Gasteiger partial charge in [0.25, 0.3) is 0 Å². The van der Waals surface area contributed by atoms with Crippen LogP contribution in [0.15, 0.2) is 18.2 Å². The molecule has 0 aliphatic heterocycles. The summed E-state index contributed by atoms with van der Waals surface area (Å²) in [7, 11) is 0. The molecule has 0 heterocycles. The summed E-state index contributed by atoms with van der Waals surface area (Å²) in [5.41, 5.74) is 6.00. The van der Waals surface area contributed by atoms with Crippen molar-refractivity contribution in [3.8, 4) is 11.8 Å². The topological polar surface area (TPSA) is 59.0 Å².